The highest BCUT2D eigenvalue weighted by molar-refractivity contribution is 5.90. The topological polar surface area (TPSA) is 75.6 Å². The number of esters is 1. The molecule has 0 aliphatic heterocycles. The van der Waals surface area contributed by atoms with Gasteiger partial charge in [-0.3, -0.25) is 4.79 Å². The third-order valence-electron chi connectivity index (χ3n) is 2.05. The van der Waals surface area contributed by atoms with Gasteiger partial charge in [-0.25, -0.2) is 4.79 Å². The molecule has 94 valence electrons. The van der Waals surface area contributed by atoms with Crippen LogP contribution in [0.2, 0.25) is 0 Å². The SMILES string of the molecule is C#CCOC(=O)c1cccc(NCCC(=O)O)c1. The molecule has 0 aromatic heterocycles. The number of anilines is 1. The molecule has 0 fully saturated rings. The average Bonchev–Trinajstić information content (AvgIpc) is 2.36. The molecule has 0 atom stereocenters. The van der Waals surface area contributed by atoms with Crippen LogP contribution < -0.4 is 5.32 Å². The third kappa shape index (κ3) is 4.58. The summed E-state index contributed by atoms with van der Waals surface area (Å²) in [6.07, 6.45) is 4.99. The predicted molar refractivity (Wildman–Crippen MR) is 66.3 cm³/mol. The van der Waals surface area contributed by atoms with Crippen molar-refractivity contribution in [3.05, 3.63) is 29.8 Å². The second-order valence-corrected chi connectivity index (χ2v) is 3.43. The first-order valence-corrected chi connectivity index (χ1v) is 5.30. The Kier molecular flexibility index (Phi) is 5.26. The van der Waals surface area contributed by atoms with E-state index in [1.165, 1.54) is 0 Å². The van der Waals surface area contributed by atoms with Gasteiger partial charge in [0.1, 0.15) is 0 Å². The van der Waals surface area contributed by atoms with E-state index in [1.54, 1.807) is 24.3 Å². The van der Waals surface area contributed by atoms with Crippen LogP contribution in [0.1, 0.15) is 16.8 Å². The molecule has 0 unspecified atom stereocenters. The van der Waals surface area contributed by atoms with Gasteiger partial charge in [-0.15, -0.1) is 6.42 Å². The number of rotatable bonds is 6. The Morgan fingerprint density at radius 1 is 1.44 bits per heavy atom. The molecule has 2 N–H and O–H groups in total. The molecule has 0 heterocycles. The molecule has 0 spiro atoms. The number of ether oxygens (including phenoxy) is 1. The van der Waals surface area contributed by atoms with Crippen molar-refractivity contribution in [2.75, 3.05) is 18.5 Å². The molecule has 0 bridgehead atoms. The summed E-state index contributed by atoms with van der Waals surface area (Å²) >= 11 is 0. The van der Waals surface area contributed by atoms with E-state index >= 15 is 0 Å². The van der Waals surface area contributed by atoms with Crippen LogP contribution in [0.25, 0.3) is 0 Å². The second kappa shape index (κ2) is 6.97. The maximum Gasteiger partial charge on any atom is 0.339 e. The Labute approximate surface area is 105 Å². The minimum atomic E-state index is -0.882. The van der Waals surface area contributed by atoms with Crippen LogP contribution in [0.5, 0.6) is 0 Å². The molecular weight excluding hydrogens is 234 g/mol. The number of carbonyl (C=O) groups is 2. The van der Waals surface area contributed by atoms with Crippen LogP contribution in [0, 0.1) is 12.3 Å². The first kappa shape index (κ1) is 13.6. The van der Waals surface area contributed by atoms with Crippen LogP contribution >= 0.6 is 0 Å². The fraction of sp³-hybridized carbons (Fsp3) is 0.231. The summed E-state index contributed by atoms with van der Waals surface area (Å²) in [6.45, 7) is 0.216. The first-order valence-electron chi connectivity index (χ1n) is 5.30. The van der Waals surface area contributed by atoms with Crippen LogP contribution in [-0.4, -0.2) is 30.2 Å². The lowest BCUT2D eigenvalue weighted by molar-refractivity contribution is -0.136. The van der Waals surface area contributed by atoms with E-state index in [0.717, 1.165) is 0 Å². The molecule has 0 amide bonds. The molecule has 1 rings (SSSR count). The summed E-state index contributed by atoms with van der Waals surface area (Å²) in [5, 5.41) is 11.4. The Bertz CT molecular complexity index is 476. The van der Waals surface area contributed by atoms with Gasteiger partial charge in [0.05, 0.1) is 12.0 Å². The molecule has 0 saturated heterocycles. The molecule has 0 aliphatic carbocycles. The molecule has 1 aromatic carbocycles. The number of hydrogen-bond donors (Lipinski definition) is 2. The minimum Gasteiger partial charge on any atom is -0.481 e. The highest BCUT2D eigenvalue weighted by Gasteiger charge is 2.07. The zero-order chi connectivity index (χ0) is 13.4. The summed E-state index contributed by atoms with van der Waals surface area (Å²) < 4.78 is 4.78. The van der Waals surface area contributed by atoms with Gasteiger partial charge in [-0.1, -0.05) is 12.0 Å². The standard InChI is InChI=1S/C13H13NO4/c1-2-8-18-13(17)10-4-3-5-11(9-10)14-7-6-12(15)16/h1,3-5,9,14H,6-8H2,(H,15,16). The summed E-state index contributed by atoms with van der Waals surface area (Å²) in [7, 11) is 0. The Hall–Kier alpha value is -2.48. The summed E-state index contributed by atoms with van der Waals surface area (Å²) in [6, 6.07) is 6.59. The molecule has 1 aromatic rings. The van der Waals surface area contributed by atoms with Gasteiger partial charge in [0.25, 0.3) is 0 Å². The zero-order valence-corrected chi connectivity index (χ0v) is 9.68. The zero-order valence-electron chi connectivity index (χ0n) is 9.68. The van der Waals surface area contributed by atoms with Crippen molar-refractivity contribution in [3.8, 4) is 12.3 Å². The van der Waals surface area contributed by atoms with Crippen molar-refractivity contribution in [2.24, 2.45) is 0 Å². The van der Waals surface area contributed by atoms with Gasteiger partial charge < -0.3 is 15.2 Å². The van der Waals surface area contributed by atoms with Crippen LogP contribution in [0.15, 0.2) is 24.3 Å². The quantitative estimate of drug-likeness (QED) is 0.586. The number of terminal acetylenes is 1. The number of nitrogens with one attached hydrogen (secondary N) is 1. The van der Waals surface area contributed by atoms with Gasteiger partial charge >= 0.3 is 11.9 Å². The highest BCUT2D eigenvalue weighted by atomic mass is 16.5. The van der Waals surface area contributed by atoms with Gasteiger partial charge in [-0.05, 0) is 18.2 Å². The highest BCUT2D eigenvalue weighted by Crippen LogP contribution is 2.11. The van der Waals surface area contributed by atoms with Crippen LogP contribution in [0.3, 0.4) is 0 Å². The lowest BCUT2D eigenvalue weighted by Gasteiger charge is -2.06. The molecule has 18 heavy (non-hydrogen) atoms. The third-order valence-corrected chi connectivity index (χ3v) is 2.05. The lowest BCUT2D eigenvalue weighted by Crippen LogP contribution is -2.09. The summed E-state index contributed by atoms with van der Waals surface area (Å²) in [5.41, 5.74) is 1.02. The Balaban J connectivity index is 2.59. The van der Waals surface area contributed by atoms with Crippen molar-refractivity contribution in [3.63, 3.8) is 0 Å². The Morgan fingerprint density at radius 3 is 2.89 bits per heavy atom. The van der Waals surface area contributed by atoms with Gasteiger partial charge in [0.2, 0.25) is 0 Å². The van der Waals surface area contributed by atoms with Crippen LogP contribution in [-0.2, 0) is 9.53 Å². The largest absolute Gasteiger partial charge is 0.481 e. The number of carboxylic acid groups (broad SMARTS) is 1. The number of carboxylic acids is 1. The van der Waals surface area contributed by atoms with Crippen molar-refractivity contribution in [1.82, 2.24) is 0 Å². The molecule has 0 saturated carbocycles. The summed E-state index contributed by atoms with van der Waals surface area (Å²) in [4.78, 5) is 21.8. The Morgan fingerprint density at radius 2 is 2.22 bits per heavy atom. The molecule has 0 radical (unpaired) electrons. The predicted octanol–water partition coefficient (Wildman–Crippen LogP) is 1.36. The van der Waals surface area contributed by atoms with E-state index in [4.69, 9.17) is 16.3 Å². The van der Waals surface area contributed by atoms with E-state index in [1.807, 2.05) is 0 Å². The average molecular weight is 247 g/mol. The maximum absolute atomic E-state index is 11.5. The van der Waals surface area contributed by atoms with E-state index < -0.39 is 11.9 Å². The second-order valence-electron chi connectivity index (χ2n) is 3.43. The lowest BCUT2D eigenvalue weighted by atomic mass is 10.2. The molecule has 0 aliphatic rings. The normalized spacial score (nSPS) is 9.28. The molecule has 5 heteroatoms. The van der Waals surface area contributed by atoms with E-state index in [9.17, 15) is 9.59 Å². The molecular formula is C13H13NO4. The van der Waals surface area contributed by atoms with Crippen molar-refractivity contribution < 1.29 is 19.4 Å². The minimum absolute atomic E-state index is 0.00572. The van der Waals surface area contributed by atoms with Crippen molar-refractivity contribution in [2.45, 2.75) is 6.42 Å². The van der Waals surface area contributed by atoms with Crippen LogP contribution in [0.4, 0.5) is 5.69 Å². The van der Waals surface area contributed by atoms with E-state index in [0.29, 0.717) is 11.3 Å². The van der Waals surface area contributed by atoms with E-state index in [-0.39, 0.29) is 19.6 Å². The maximum atomic E-state index is 11.5. The van der Waals surface area contributed by atoms with Crippen molar-refractivity contribution >= 4 is 17.6 Å². The van der Waals surface area contributed by atoms with E-state index in [2.05, 4.69) is 11.2 Å². The number of hydrogen-bond acceptors (Lipinski definition) is 4. The molecule has 5 nitrogen and oxygen atoms in total. The van der Waals surface area contributed by atoms with Gasteiger partial charge in [0, 0.05) is 12.2 Å². The number of carbonyl (C=O) groups excluding carboxylic acids is 1. The fourth-order valence-electron chi connectivity index (χ4n) is 1.26. The summed E-state index contributed by atoms with van der Waals surface area (Å²) in [5.74, 6) is 0.819. The fourth-order valence-corrected chi connectivity index (χ4v) is 1.26. The smallest absolute Gasteiger partial charge is 0.339 e. The first-order chi connectivity index (χ1) is 8.63. The van der Waals surface area contributed by atoms with Gasteiger partial charge in [-0.2, -0.15) is 0 Å². The number of benzene rings is 1. The van der Waals surface area contributed by atoms with Crippen molar-refractivity contribution in [1.29, 1.82) is 0 Å². The monoisotopic (exact) mass is 247 g/mol. The van der Waals surface area contributed by atoms with Gasteiger partial charge in [0.15, 0.2) is 6.61 Å². The number of aliphatic carboxylic acids is 1.